The Bertz CT molecular complexity index is 272. The molecule has 13 heavy (non-hydrogen) atoms. The molecule has 0 aliphatic rings. The number of rotatable bonds is 3. The molecule has 4 nitrogen and oxygen atoms in total. The highest BCUT2D eigenvalue weighted by molar-refractivity contribution is 5.86. The molecule has 0 aliphatic heterocycles. The lowest BCUT2D eigenvalue weighted by Crippen LogP contribution is -2.11. The predicted molar refractivity (Wildman–Crippen MR) is 47.2 cm³/mol. The molecule has 0 amide bonds. The summed E-state index contributed by atoms with van der Waals surface area (Å²) in [6.07, 6.45) is 1.51. The summed E-state index contributed by atoms with van der Waals surface area (Å²) >= 11 is 0. The number of hydrogen-bond acceptors (Lipinski definition) is 4. The van der Waals surface area contributed by atoms with Crippen molar-refractivity contribution >= 4 is 5.97 Å². The summed E-state index contributed by atoms with van der Waals surface area (Å²) in [5, 5.41) is 7.21. The minimum absolute atomic E-state index is 0.253. The molecule has 0 bridgehead atoms. The van der Waals surface area contributed by atoms with Crippen LogP contribution in [0, 0.1) is 5.92 Å². The van der Waals surface area contributed by atoms with Crippen molar-refractivity contribution in [3.8, 4) is 0 Å². The second-order valence-corrected chi connectivity index (χ2v) is 3.10. The van der Waals surface area contributed by atoms with Crippen LogP contribution in [0.25, 0.3) is 0 Å². The summed E-state index contributed by atoms with van der Waals surface area (Å²) in [5.41, 5.74) is 0.253. The van der Waals surface area contributed by atoms with E-state index in [1.54, 1.807) is 12.1 Å². The largest absolute Gasteiger partial charge is 0.461 e. The molecule has 0 atom stereocenters. The molecule has 0 saturated carbocycles. The van der Waals surface area contributed by atoms with E-state index in [-0.39, 0.29) is 5.69 Å². The van der Waals surface area contributed by atoms with Crippen molar-refractivity contribution in [3.05, 3.63) is 24.0 Å². The van der Waals surface area contributed by atoms with E-state index in [1.807, 2.05) is 13.8 Å². The van der Waals surface area contributed by atoms with E-state index in [4.69, 9.17) is 4.74 Å². The molecule has 1 heterocycles. The fraction of sp³-hybridized carbons (Fsp3) is 0.444. The van der Waals surface area contributed by atoms with Gasteiger partial charge in [0.15, 0.2) is 5.69 Å². The van der Waals surface area contributed by atoms with Crippen LogP contribution >= 0.6 is 0 Å². The first-order chi connectivity index (χ1) is 6.20. The number of aromatic nitrogens is 2. The predicted octanol–water partition coefficient (Wildman–Crippen LogP) is 1.29. The van der Waals surface area contributed by atoms with Gasteiger partial charge in [0.05, 0.1) is 6.61 Å². The van der Waals surface area contributed by atoms with Gasteiger partial charge in [-0.15, -0.1) is 5.10 Å². The maximum atomic E-state index is 11.2. The Hall–Kier alpha value is -1.45. The van der Waals surface area contributed by atoms with E-state index in [0.29, 0.717) is 12.5 Å². The molecular weight excluding hydrogens is 168 g/mol. The van der Waals surface area contributed by atoms with Crippen LogP contribution in [0.2, 0.25) is 0 Å². The molecule has 0 radical (unpaired) electrons. The molecule has 0 aliphatic carbocycles. The Labute approximate surface area is 76.9 Å². The molecule has 70 valence electrons. The quantitative estimate of drug-likeness (QED) is 0.658. The monoisotopic (exact) mass is 180 g/mol. The highest BCUT2D eigenvalue weighted by atomic mass is 16.5. The van der Waals surface area contributed by atoms with Crippen LogP contribution in [0.15, 0.2) is 18.3 Å². The van der Waals surface area contributed by atoms with Crippen LogP contribution in [-0.2, 0) is 4.74 Å². The fourth-order valence-electron chi connectivity index (χ4n) is 0.727. The zero-order valence-corrected chi connectivity index (χ0v) is 7.73. The molecule has 1 aromatic heterocycles. The Morgan fingerprint density at radius 3 is 2.92 bits per heavy atom. The van der Waals surface area contributed by atoms with Crippen molar-refractivity contribution in [3.63, 3.8) is 0 Å². The van der Waals surface area contributed by atoms with Crippen molar-refractivity contribution in [2.75, 3.05) is 6.61 Å². The lowest BCUT2D eigenvalue weighted by molar-refractivity contribution is 0.0450. The average molecular weight is 180 g/mol. The third-order valence-corrected chi connectivity index (χ3v) is 1.33. The molecule has 0 N–H and O–H groups in total. The standard InChI is InChI=1S/C9H12N2O2/c1-7(2)6-13-9(12)8-4-3-5-10-11-8/h3-5,7H,6H2,1-2H3. The number of hydrogen-bond donors (Lipinski definition) is 0. The van der Waals surface area contributed by atoms with E-state index < -0.39 is 5.97 Å². The second kappa shape index (κ2) is 4.54. The first-order valence-electron chi connectivity index (χ1n) is 4.15. The zero-order chi connectivity index (χ0) is 9.68. The smallest absolute Gasteiger partial charge is 0.358 e. The minimum Gasteiger partial charge on any atom is -0.461 e. The van der Waals surface area contributed by atoms with Crippen molar-refractivity contribution in [2.45, 2.75) is 13.8 Å². The van der Waals surface area contributed by atoms with Crippen LogP contribution in [0.5, 0.6) is 0 Å². The van der Waals surface area contributed by atoms with Crippen LogP contribution < -0.4 is 0 Å². The van der Waals surface area contributed by atoms with Gasteiger partial charge in [0.25, 0.3) is 0 Å². The van der Waals surface area contributed by atoms with Gasteiger partial charge < -0.3 is 4.74 Å². The number of carbonyl (C=O) groups is 1. The summed E-state index contributed by atoms with van der Waals surface area (Å²) < 4.78 is 4.95. The van der Waals surface area contributed by atoms with Crippen molar-refractivity contribution in [1.29, 1.82) is 0 Å². The Morgan fingerprint density at radius 1 is 1.62 bits per heavy atom. The average Bonchev–Trinajstić information content (AvgIpc) is 2.15. The number of ether oxygens (including phenoxy) is 1. The minimum atomic E-state index is -0.415. The van der Waals surface area contributed by atoms with Gasteiger partial charge in [-0.3, -0.25) is 0 Å². The SMILES string of the molecule is CC(C)COC(=O)c1cccnn1. The normalized spacial score (nSPS) is 10.1. The highest BCUT2D eigenvalue weighted by Gasteiger charge is 2.08. The summed E-state index contributed by atoms with van der Waals surface area (Å²) in [6, 6.07) is 3.23. The summed E-state index contributed by atoms with van der Waals surface area (Å²) in [6.45, 7) is 4.36. The van der Waals surface area contributed by atoms with Crippen molar-refractivity contribution < 1.29 is 9.53 Å². The van der Waals surface area contributed by atoms with Crippen LogP contribution in [0.1, 0.15) is 24.3 Å². The zero-order valence-electron chi connectivity index (χ0n) is 7.73. The molecule has 0 unspecified atom stereocenters. The van der Waals surface area contributed by atoms with Gasteiger partial charge in [0, 0.05) is 6.20 Å². The highest BCUT2D eigenvalue weighted by Crippen LogP contribution is 1.98. The molecule has 0 spiro atoms. The molecular formula is C9H12N2O2. The third kappa shape index (κ3) is 3.19. The molecule has 0 fully saturated rings. The maximum absolute atomic E-state index is 11.2. The topological polar surface area (TPSA) is 52.1 Å². The first-order valence-corrected chi connectivity index (χ1v) is 4.15. The number of esters is 1. The summed E-state index contributed by atoms with van der Waals surface area (Å²) in [5.74, 6) is -0.0811. The van der Waals surface area contributed by atoms with Gasteiger partial charge in [-0.05, 0) is 18.1 Å². The molecule has 4 heteroatoms. The summed E-state index contributed by atoms with van der Waals surface area (Å²) in [4.78, 5) is 11.2. The first kappa shape index (κ1) is 9.64. The van der Waals surface area contributed by atoms with Gasteiger partial charge >= 0.3 is 5.97 Å². The van der Waals surface area contributed by atoms with Crippen LogP contribution in [-0.4, -0.2) is 22.8 Å². The van der Waals surface area contributed by atoms with Crippen LogP contribution in [0.4, 0.5) is 0 Å². The Morgan fingerprint density at radius 2 is 2.38 bits per heavy atom. The lowest BCUT2D eigenvalue weighted by atomic mass is 10.2. The number of carbonyl (C=O) groups excluding carboxylic acids is 1. The molecule has 0 saturated heterocycles. The van der Waals surface area contributed by atoms with E-state index in [1.165, 1.54) is 6.20 Å². The van der Waals surface area contributed by atoms with Crippen LogP contribution in [0.3, 0.4) is 0 Å². The van der Waals surface area contributed by atoms with Crippen molar-refractivity contribution in [1.82, 2.24) is 10.2 Å². The van der Waals surface area contributed by atoms with Crippen molar-refractivity contribution in [2.24, 2.45) is 5.92 Å². The molecule has 1 rings (SSSR count). The van der Waals surface area contributed by atoms with E-state index in [0.717, 1.165) is 0 Å². The summed E-state index contributed by atoms with van der Waals surface area (Å²) in [7, 11) is 0. The van der Waals surface area contributed by atoms with Gasteiger partial charge in [-0.25, -0.2) is 4.79 Å². The Kier molecular flexibility index (Phi) is 3.37. The number of nitrogens with zero attached hydrogens (tertiary/aromatic N) is 2. The van der Waals surface area contributed by atoms with Gasteiger partial charge in [-0.1, -0.05) is 13.8 Å². The fourth-order valence-corrected chi connectivity index (χ4v) is 0.727. The lowest BCUT2D eigenvalue weighted by Gasteiger charge is -2.05. The molecule has 1 aromatic rings. The van der Waals surface area contributed by atoms with Gasteiger partial charge in [-0.2, -0.15) is 5.10 Å². The van der Waals surface area contributed by atoms with E-state index in [2.05, 4.69) is 10.2 Å². The van der Waals surface area contributed by atoms with E-state index >= 15 is 0 Å². The van der Waals surface area contributed by atoms with Gasteiger partial charge in [0.1, 0.15) is 0 Å². The maximum Gasteiger partial charge on any atom is 0.358 e. The Balaban J connectivity index is 2.50. The molecule has 0 aromatic carbocycles. The van der Waals surface area contributed by atoms with E-state index in [9.17, 15) is 4.79 Å². The third-order valence-electron chi connectivity index (χ3n) is 1.33. The second-order valence-electron chi connectivity index (χ2n) is 3.10. The van der Waals surface area contributed by atoms with Gasteiger partial charge in [0.2, 0.25) is 0 Å².